The zero-order chi connectivity index (χ0) is 42.3. The number of hydroxylamine groups is 1. The molecule has 0 unspecified atom stereocenters. The highest BCUT2D eigenvalue weighted by atomic mass is 16.6. The summed E-state index contributed by atoms with van der Waals surface area (Å²) in [7, 11) is 8.40. The molecule has 4 N–H and O–H groups in total. The molecule has 10 atom stereocenters. The number of methoxy groups -OCH3 is 2. The van der Waals surface area contributed by atoms with E-state index in [0.29, 0.717) is 31.7 Å². The number of benzene rings is 1. The molecule has 56 heavy (non-hydrogen) atoms. The molecule has 14 heteroatoms. The molecule has 0 aromatic heterocycles. The van der Waals surface area contributed by atoms with Crippen molar-refractivity contribution in [2.24, 2.45) is 23.7 Å². The molecule has 1 heterocycles. The third-order valence-electron chi connectivity index (χ3n) is 11.5. The van der Waals surface area contributed by atoms with Gasteiger partial charge in [-0.1, -0.05) is 85.2 Å². The first-order chi connectivity index (χ1) is 26.5. The van der Waals surface area contributed by atoms with Crippen LogP contribution in [0.1, 0.15) is 92.7 Å². The SMILES string of the molecule is CC[C@H](C)[C@@H]([C@@H](CC(=O)N1CCC[C@H]1[C@H](OC)[C@@H](C)C(=O)N[C@H](C)[C@@H](O)c1ccccc1)OC)N(C)C(=O)[C@@H](NC(=O)[C@H](C(C)C)N(C)CCONC)C(C)C. The lowest BCUT2D eigenvalue weighted by molar-refractivity contribution is -0.148. The monoisotopic (exact) mass is 791 g/mol. The predicted octanol–water partition coefficient (Wildman–Crippen LogP) is 3.39. The van der Waals surface area contributed by atoms with Crippen molar-refractivity contribution >= 4 is 23.6 Å². The summed E-state index contributed by atoms with van der Waals surface area (Å²) in [6.45, 7) is 16.8. The van der Waals surface area contributed by atoms with Crippen LogP contribution in [0.15, 0.2) is 30.3 Å². The van der Waals surface area contributed by atoms with Gasteiger partial charge >= 0.3 is 0 Å². The fourth-order valence-corrected chi connectivity index (χ4v) is 8.09. The summed E-state index contributed by atoms with van der Waals surface area (Å²) in [5.74, 6) is -1.78. The molecule has 1 aliphatic heterocycles. The summed E-state index contributed by atoms with van der Waals surface area (Å²) in [6, 6.07) is 6.54. The number of nitrogens with zero attached hydrogens (tertiary/aromatic N) is 3. The van der Waals surface area contributed by atoms with Crippen LogP contribution < -0.4 is 16.1 Å². The van der Waals surface area contributed by atoms with Crippen LogP contribution in [0.2, 0.25) is 0 Å². The molecule has 0 spiro atoms. The van der Waals surface area contributed by atoms with Gasteiger partial charge in [0.2, 0.25) is 23.6 Å². The largest absolute Gasteiger partial charge is 0.386 e. The van der Waals surface area contributed by atoms with Crippen molar-refractivity contribution in [3.8, 4) is 0 Å². The number of amides is 4. The lowest BCUT2D eigenvalue weighted by Gasteiger charge is -2.41. The van der Waals surface area contributed by atoms with Gasteiger partial charge in [-0.05, 0) is 50.1 Å². The Bertz CT molecular complexity index is 1350. The average Bonchev–Trinajstić information content (AvgIpc) is 3.66. The first-order valence-corrected chi connectivity index (χ1v) is 20.4. The fraction of sp³-hybridized carbons (Fsp3) is 0.762. The van der Waals surface area contributed by atoms with Crippen LogP contribution in [0.3, 0.4) is 0 Å². The highest BCUT2D eigenvalue weighted by Crippen LogP contribution is 2.30. The number of likely N-dealkylation sites (tertiary alicyclic amines) is 1. The van der Waals surface area contributed by atoms with E-state index < -0.39 is 48.4 Å². The van der Waals surface area contributed by atoms with Gasteiger partial charge in [-0.2, -0.15) is 0 Å². The minimum absolute atomic E-state index is 0.0184. The number of hydrogen-bond acceptors (Lipinski definition) is 10. The number of likely N-dealkylation sites (N-methyl/N-ethyl adjacent to an activating group) is 2. The zero-order valence-electron chi connectivity index (χ0n) is 36.4. The summed E-state index contributed by atoms with van der Waals surface area (Å²) < 4.78 is 12.0. The standard InChI is InChI=1S/C42H74N6O8/c1-14-28(6)37(47(11)42(53)35(26(2)3)45-41(52)36(27(4)5)46(10)23-24-56-43-9)33(54-12)25-34(49)48-22-18-21-32(48)39(55-13)29(7)40(51)44-30(8)38(50)31-19-16-15-17-20-31/h15-17,19-20,26-30,32-33,35-39,43,50H,14,18,21-25H2,1-13H3,(H,44,51)(H,45,52)/t28-,29+,30+,32-,33+,35-,36-,37-,38+,39+/m0/s1. The number of hydrogen-bond donors (Lipinski definition) is 4. The lowest BCUT2D eigenvalue weighted by Crippen LogP contribution is -2.60. The smallest absolute Gasteiger partial charge is 0.245 e. The van der Waals surface area contributed by atoms with Gasteiger partial charge in [-0.15, -0.1) is 0 Å². The van der Waals surface area contributed by atoms with Gasteiger partial charge in [-0.3, -0.25) is 24.1 Å². The maximum Gasteiger partial charge on any atom is 0.245 e. The van der Waals surface area contributed by atoms with E-state index >= 15 is 0 Å². The van der Waals surface area contributed by atoms with Gasteiger partial charge in [0, 0.05) is 41.4 Å². The minimum atomic E-state index is -0.882. The molecule has 1 aromatic carbocycles. The van der Waals surface area contributed by atoms with Crippen LogP contribution in [0.5, 0.6) is 0 Å². The average molecular weight is 791 g/mol. The number of carbonyl (C=O) groups is 4. The molecule has 320 valence electrons. The van der Waals surface area contributed by atoms with Gasteiger partial charge in [0.05, 0.1) is 61.4 Å². The van der Waals surface area contributed by atoms with Crippen molar-refractivity contribution in [1.29, 1.82) is 0 Å². The van der Waals surface area contributed by atoms with Crippen molar-refractivity contribution in [3.05, 3.63) is 35.9 Å². The molecule has 1 aromatic rings. The Hall–Kier alpha value is -3.14. The molecular weight excluding hydrogens is 716 g/mol. The fourth-order valence-electron chi connectivity index (χ4n) is 8.09. The second-order valence-corrected chi connectivity index (χ2v) is 16.2. The van der Waals surface area contributed by atoms with Crippen molar-refractivity contribution in [2.75, 3.05) is 55.1 Å². The van der Waals surface area contributed by atoms with Crippen molar-refractivity contribution in [1.82, 2.24) is 30.8 Å². The molecule has 0 bridgehead atoms. The van der Waals surface area contributed by atoms with Crippen LogP contribution in [-0.4, -0.2) is 141 Å². The summed E-state index contributed by atoms with van der Waals surface area (Å²) in [5, 5.41) is 16.9. The number of aliphatic hydroxyl groups is 1. The summed E-state index contributed by atoms with van der Waals surface area (Å²) in [4.78, 5) is 66.6. The molecule has 0 aliphatic carbocycles. The van der Waals surface area contributed by atoms with E-state index in [1.807, 2.05) is 83.8 Å². The first-order valence-electron chi connectivity index (χ1n) is 20.4. The summed E-state index contributed by atoms with van der Waals surface area (Å²) >= 11 is 0. The maximum atomic E-state index is 14.4. The third-order valence-corrected chi connectivity index (χ3v) is 11.5. The number of ether oxygens (including phenoxy) is 2. The summed E-state index contributed by atoms with van der Waals surface area (Å²) in [6.07, 6.45) is 0.0599. The quantitative estimate of drug-likeness (QED) is 0.0903. The van der Waals surface area contributed by atoms with Crippen molar-refractivity contribution < 1.29 is 38.6 Å². The second-order valence-electron chi connectivity index (χ2n) is 16.2. The lowest BCUT2D eigenvalue weighted by atomic mass is 9.89. The Labute approximate surface area is 336 Å². The van der Waals surface area contributed by atoms with Crippen molar-refractivity contribution in [2.45, 2.75) is 130 Å². The number of aliphatic hydroxyl groups excluding tert-OH is 1. The molecule has 1 aliphatic rings. The second kappa shape index (κ2) is 23.9. The molecule has 14 nitrogen and oxygen atoms in total. The van der Waals surface area contributed by atoms with Gasteiger partial charge in [0.1, 0.15) is 6.04 Å². The van der Waals surface area contributed by atoms with E-state index in [9.17, 15) is 24.3 Å². The Morgan fingerprint density at radius 3 is 2.11 bits per heavy atom. The molecule has 4 amide bonds. The number of carbonyl (C=O) groups excluding carboxylic acids is 4. The van der Waals surface area contributed by atoms with E-state index in [1.165, 1.54) is 0 Å². The molecule has 0 saturated carbocycles. The topological polar surface area (TPSA) is 162 Å². The minimum Gasteiger partial charge on any atom is -0.386 e. The van der Waals surface area contributed by atoms with Gasteiger partial charge < -0.3 is 39.9 Å². The highest BCUT2D eigenvalue weighted by Gasteiger charge is 2.43. The Kier molecular flexibility index (Phi) is 20.9. The van der Waals surface area contributed by atoms with E-state index in [1.54, 1.807) is 52.0 Å². The molecule has 1 fully saturated rings. The Morgan fingerprint density at radius 1 is 0.929 bits per heavy atom. The van der Waals surface area contributed by atoms with Crippen LogP contribution in [0.4, 0.5) is 0 Å². The van der Waals surface area contributed by atoms with Crippen molar-refractivity contribution in [3.63, 3.8) is 0 Å². The van der Waals surface area contributed by atoms with Gasteiger partial charge in [0.25, 0.3) is 0 Å². The predicted molar refractivity (Wildman–Crippen MR) is 218 cm³/mol. The first kappa shape index (κ1) is 49.0. The Balaban J connectivity index is 2.25. The molecule has 2 rings (SSSR count). The number of rotatable bonds is 24. The Morgan fingerprint density at radius 2 is 1.57 bits per heavy atom. The van der Waals surface area contributed by atoms with E-state index in [0.717, 1.165) is 12.8 Å². The van der Waals surface area contributed by atoms with Crippen LogP contribution >= 0.6 is 0 Å². The van der Waals surface area contributed by atoms with Crippen LogP contribution in [0, 0.1) is 23.7 Å². The van der Waals surface area contributed by atoms with E-state index in [-0.39, 0.29) is 53.8 Å². The molecule has 1 saturated heterocycles. The zero-order valence-corrected chi connectivity index (χ0v) is 36.4. The highest BCUT2D eigenvalue weighted by molar-refractivity contribution is 5.90. The third kappa shape index (κ3) is 13.2. The van der Waals surface area contributed by atoms with E-state index in [4.69, 9.17) is 14.3 Å². The maximum absolute atomic E-state index is 14.4. The van der Waals surface area contributed by atoms with Gasteiger partial charge in [0.15, 0.2) is 0 Å². The summed E-state index contributed by atoms with van der Waals surface area (Å²) in [5.41, 5.74) is 3.36. The molecular formula is C42H74N6O8. The van der Waals surface area contributed by atoms with Gasteiger partial charge in [-0.25, -0.2) is 5.48 Å². The normalized spacial score (nSPS) is 19.5. The molecule has 0 radical (unpaired) electrons. The van der Waals surface area contributed by atoms with E-state index in [2.05, 4.69) is 16.1 Å². The van der Waals surface area contributed by atoms with Crippen LogP contribution in [-0.2, 0) is 33.5 Å². The van der Waals surface area contributed by atoms with Crippen LogP contribution in [0.25, 0.3) is 0 Å². The number of nitrogens with one attached hydrogen (secondary N) is 3.